The largest absolute Gasteiger partial charge is 0.496 e. The first-order valence-corrected chi connectivity index (χ1v) is 10.2. The SMILES string of the molecule is COc1ccncc1-c1cc2c(cnn2-c2cc3c(ncn3C)c(C(C)(C)O)n2)c(C)n1. The molecule has 0 spiro atoms. The van der Waals surface area contributed by atoms with Gasteiger partial charge in [-0.3, -0.25) is 9.97 Å². The van der Waals surface area contributed by atoms with E-state index in [0.717, 1.165) is 33.4 Å². The van der Waals surface area contributed by atoms with Gasteiger partial charge in [0.1, 0.15) is 22.6 Å². The Balaban J connectivity index is 1.78. The number of pyridine rings is 3. The normalized spacial score (nSPS) is 12.1. The highest BCUT2D eigenvalue weighted by Gasteiger charge is 2.25. The Morgan fingerprint density at radius 3 is 2.66 bits per heavy atom. The van der Waals surface area contributed by atoms with E-state index in [-0.39, 0.29) is 0 Å². The molecule has 0 aromatic carbocycles. The van der Waals surface area contributed by atoms with Gasteiger partial charge in [0.15, 0.2) is 5.82 Å². The minimum Gasteiger partial charge on any atom is -0.496 e. The average molecular weight is 429 g/mol. The van der Waals surface area contributed by atoms with Crippen LogP contribution < -0.4 is 4.74 Å². The number of aryl methyl sites for hydroxylation is 2. The molecule has 5 heterocycles. The summed E-state index contributed by atoms with van der Waals surface area (Å²) in [6, 6.07) is 5.68. The molecule has 0 bridgehead atoms. The van der Waals surface area contributed by atoms with Crippen LogP contribution in [-0.2, 0) is 12.6 Å². The molecule has 0 amide bonds. The Morgan fingerprint density at radius 2 is 1.91 bits per heavy atom. The lowest BCUT2D eigenvalue weighted by Crippen LogP contribution is -2.19. The van der Waals surface area contributed by atoms with E-state index in [1.54, 1.807) is 56.6 Å². The van der Waals surface area contributed by atoms with Crippen molar-refractivity contribution < 1.29 is 9.84 Å². The zero-order valence-electron chi connectivity index (χ0n) is 18.5. The smallest absolute Gasteiger partial charge is 0.156 e. The summed E-state index contributed by atoms with van der Waals surface area (Å²) in [5.74, 6) is 1.28. The second kappa shape index (κ2) is 7.10. The maximum absolute atomic E-state index is 10.8. The zero-order chi connectivity index (χ0) is 22.6. The summed E-state index contributed by atoms with van der Waals surface area (Å²) < 4.78 is 9.17. The predicted molar refractivity (Wildman–Crippen MR) is 121 cm³/mol. The lowest BCUT2D eigenvalue weighted by atomic mass is 10.0. The summed E-state index contributed by atoms with van der Waals surface area (Å²) in [5, 5.41) is 16.3. The van der Waals surface area contributed by atoms with Crippen molar-refractivity contribution in [3.8, 4) is 22.8 Å². The molecular formula is C23H23N7O2. The van der Waals surface area contributed by atoms with E-state index in [1.165, 1.54) is 0 Å². The minimum atomic E-state index is -1.17. The fraction of sp³-hybridized carbons (Fsp3) is 0.261. The molecule has 9 heteroatoms. The van der Waals surface area contributed by atoms with Gasteiger partial charge in [-0.15, -0.1) is 0 Å². The van der Waals surface area contributed by atoms with Crippen molar-refractivity contribution in [3.05, 3.63) is 54.5 Å². The summed E-state index contributed by atoms with van der Waals surface area (Å²) in [6.45, 7) is 5.35. The average Bonchev–Trinajstić information content (AvgIpc) is 3.36. The molecule has 0 fully saturated rings. The molecule has 5 aromatic heterocycles. The Labute approximate surface area is 184 Å². The number of aromatic nitrogens is 7. The highest BCUT2D eigenvalue weighted by Crippen LogP contribution is 2.32. The van der Waals surface area contributed by atoms with Crippen LogP contribution in [0.5, 0.6) is 5.75 Å². The Kier molecular flexibility index (Phi) is 4.45. The zero-order valence-corrected chi connectivity index (χ0v) is 18.5. The maximum Gasteiger partial charge on any atom is 0.156 e. The number of aliphatic hydroxyl groups is 1. The van der Waals surface area contributed by atoms with Crippen LogP contribution in [0.25, 0.3) is 39.0 Å². The number of fused-ring (bicyclic) bond motifs is 2. The third kappa shape index (κ3) is 3.09. The molecule has 9 nitrogen and oxygen atoms in total. The van der Waals surface area contributed by atoms with Gasteiger partial charge in [0, 0.05) is 36.6 Å². The molecule has 0 atom stereocenters. The molecule has 32 heavy (non-hydrogen) atoms. The third-order valence-corrected chi connectivity index (χ3v) is 5.53. The van der Waals surface area contributed by atoms with Crippen molar-refractivity contribution in [1.29, 1.82) is 0 Å². The van der Waals surface area contributed by atoms with E-state index < -0.39 is 5.60 Å². The fourth-order valence-corrected chi connectivity index (χ4v) is 3.90. The number of ether oxygens (including phenoxy) is 1. The predicted octanol–water partition coefficient (Wildman–Crippen LogP) is 3.31. The van der Waals surface area contributed by atoms with Gasteiger partial charge in [0.2, 0.25) is 0 Å². The van der Waals surface area contributed by atoms with E-state index in [1.807, 2.05) is 30.7 Å². The van der Waals surface area contributed by atoms with Crippen LogP contribution in [0.3, 0.4) is 0 Å². The molecule has 0 unspecified atom stereocenters. The van der Waals surface area contributed by atoms with Gasteiger partial charge in [-0.1, -0.05) is 0 Å². The van der Waals surface area contributed by atoms with Crippen LogP contribution in [0.15, 0.2) is 43.1 Å². The van der Waals surface area contributed by atoms with Gasteiger partial charge in [0.25, 0.3) is 0 Å². The molecular weight excluding hydrogens is 406 g/mol. The van der Waals surface area contributed by atoms with E-state index in [9.17, 15) is 5.11 Å². The molecule has 0 saturated carbocycles. The van der Waals surface area contributed by atoms with Gasteiger partial charge in [0.05, 0.1) is 41.9 Å². The lowest BCUT2D eigenvalue weighted by molar-refractivity contribution is 0.0754. The molecule has 0 aliphatic carbocycles. The van der Waals surface area contributed by atoms with Gasteiger partial charge >= 0.3 is 0 Å². The van der Waals surface area contributed by atoms with Crippen molar-refractivity contribution in [2.45, 2.75) is 26.4 Å². The Bertz CT molecular complexity index is 1480. The first-order valence-electron chi connectivity index (χ1n) is 10.2. The van der Waals surface area contributed by atoms with Crippen LogP contribution in [0, 0.1) is 6.92 Å². The van der Waals surface area contributed by atoms with Crippen LogP contribution in [0.1, 0.15) is 25.2 Å². The number of nitrogens with zero attached hydrogens (tertiary/aromatic N) is 7. The Hall–Kier alpha value is -3.85. The van der Waals surface area contributed by atoms with Crippen molar-refractivity contribution >= 4 is 21.9 Å². The van der Waals surface area contributed by atoms with Crippen LogP contribution >= 0.6 is 0 Å². The topological polar surface area (TPSA) is 104 Å². The monoisotopic (exact) mass is 429 g/mol. The van der Waals surface area contributed by atoms with Gasteiger partial charge < -0.3 is 14.4 Å². The van der Waals surface area contributed by atoms with Crippen molar-refractivity contribution in [2.24, 2.45) is 7.05 Å². The number of methoxy groups -OCH3 is 1. The second-order valence-electron chi connectivity index (χ2n) is 8.27. The Morgan fingerprint density at radius 1 is 1.09 bits per heavy atom. The van der Waals surface area contributed by atoms with Crippen molar-refractivity contribution in [2.75, 3.05) is 7.11 Å². The first-order chi connectivity index (χ1) is 15.3. The van der Waals surface area contributed by atoms with E-state index >= 15 is 0 Å². The molecule has 5 rings (SSSR count). The quantitative estimate of drug-likeness (QED) is 0.467. The summed E-state index contributed by atoms with van der Waals surface area (Å²) >= 11 is 0. The summed E-state index contributed by atoms with van der Waals surface area (Å²) in [6.07, 6.45) is 6.91. The molecule has 0 saturated heterocycles. The highest BCUT2D eigenvalue weighted by molar-refractivity contribution is 5.87. The number of hydrogen-bond acceptors (Lipinski definition) is 7. The standard InChI is InChI=1S/C23H23N7O2/c1-13-14-11-26-30(17(14)8-16(27-13)15-10-24-7-6-19(15)32-5)20-9-18-21(25-12-29(18)4)22(28-20)23(2,3)31/h6-12,31H,1-5H3. The van der Waals surface area contributed by atoms with Crippen molar-refractivity contribution in [1.82, 2.24) is 34.3 Å². The molecule has 162 valence electrons. The molecule has 0 aliphatic heterocycles. The molecule has 5 aromatic rings. The summed E-state index contributed by atoms with van der Waals surface area (Å²) in [7, 11) is 3.54. The first kappa shape index (κ1) is 20.1. The molecule has 0 aliphatic rings. The number of hydrogen-bond donors (Lipinski definition) is 1. The van der Waals surface area contributed by atoms with Crippen molar-refractivity contribution in [3.63, 3.8) is 0 Å². The second-order valence-corrected chi connectivity index (χ2v) is 8.27. The molecule has 1 N–H and O–H groups in total. The summed E-state index contributed by atoms with van der Waals surface area (Å²) in [4.78, 5) is 18.2. The van der Waals surface area contributed by atoms with E-state index in [2.05, 4.69) is 15.1 Å². The highest BCUT2D eigenvalue weighted by atomic mass is 16.5. The lowest BCUT2D eigenvalue weighted by Gasteiger charge is -2.18. The fourth-order valence-electron chi connectivity index (χ4n) is 3.90. The minimum absolute atomic E-state index is 0.495. The maximum atomic E-state index is 10.8. The van der Waals surface area contributed by atoms with Crippen LogP contribution in [0.2, 0.25) is 0 Å². The summed E-state index contributed by atoms with van der Waals surface area (Å²) in [5.41, 5.74) is 4.04. The number of rotatable bonds is 4. The van der Waals surface area contributed by atoms with Gasteiger partial charge in [-0.25, -0.2) is 14.6 Å². The van der Waals surface area contributed by atoms with E-state index in [4.69, 9.17) is 14.7 Å². The van der Waals surface area contributed by atoms with Gasteiger partial charge in [-0.2, -0.15) is 5.10 Å². The number of imidazole rings is 1. The molecule has 0 radical (unpaired) electrons. The van der Waals surface area contributed by atoms with Crippen LogP contribution in [0.4, 0.5) is 0 Å². The van der Waals surface area contributed by atoms with E-state index in [0.29, 0.717) is 22.8 Å². The van der Waals surface area contributed by atoms with Gasteiger partial charge in [-0.05, 0) is 32.9 Å². The van der Waals surface area contributed by atoms with Crippen LogP contribution in [-0.4, -0.2) is 46.5 Å². The third-order valence-electron chi connectivity index (χ3n) is 5.53.